The minimum atomic E-state index is -3.36. The van der Waals surface area contributed by atoms with Crippen LogP contribution in [0.25, 0.3) is 0 Å². The molecular formula is C18H30ClN3O4S. The average molecular weight is 420 g/mol. The van der Waals surface area contributed by atoms with E-state index in [1.165, 1.54) is 4.31 Å². The van der Waals surface area contributed by atoms with Crippen molar-refractivity contribution in [1.29, 1.82) is 0 Å². The van der Waals surface area contributed by atoms with Gasteiger partial charge in [0, 0.05) is 26.2 Å². The summed E-state index contributed by atoms with van der Waals surface area (Å²) < 4.78 is 31.4. The Balaban J connectivity index is 0.00000364. The van der Waals surface area contributed by atoms with E-state index in [4.69, 9.17) is 10.5 Å². The van der Waals surface area contributed by atoms with Gasteiger partial charge in [0.15, 0.2) is 0 Å². The van der Waals surface area contributed by atoms with Crippen LogP contribution in [0.15, 0.2) is 30.3 Å². The third-order valence-electron chi connectivity index (χ3n) is 4.35. The van der Waals surface area contributed by atoms with Crippen LogP contribution in [0.2, 0.25) is 0 Å². The number of halogens is 1. The van der Waals surface area contributed by atoms with Crippen molar-refractivity contribution in [2.75, 3.05) is 38.5 Å². The lowest BCUT2D eigenvalue weighted by Gasteiger charge is -2.35. The maximum absolute atomic E-state index is 12.5. The molecule has 1 heterocycles. The molecule has 0 bridgehead atoms. The van der Waals surface area contributed by atoms with Crippen LogP contribution < -0.4 is 5.73 Å². The summed E-state index contributed by atoms with van der Waals surface area (Å²) in [5.74, 6) is -0.166. The summed E-state index contributed by atoms with van der Waals surface area (Å²) in [7, 11) is -3.36. The van der Waals surface area contributed by atoms with Gasteiger partial charge >= 0.3 is 0 Å². The molecule has 0 radical (unpaired) electrons. The molecule has 2 N–H and O–H groups in total. The summed E-state index contributed by atoms with van der Waals surface area (Å²) in [4.78, 5) is 14.2. The van der Waals surface area contributed by atoms with E-state index in [1.54, 1.807) is 4.90 Å². The molecule has 1 saturated heterocycles. The number of amides is 1. The molecule has 2 rings (SSSR count). The summed E-state index contributed by atoms with van der Waals surface area (Å²) in [5, 5.41) is 0. The van der Waals surface area contributed by atoms with Gasteiger partial charge in [-0.15, -0.1) is 12.4 Å². The highest BCUT2D eigenvalue weighted by atomic mass is 35.5. The van der Waals surface area contributed by atoms with Crippen LogP contribution in [0.1, 0.15) is 19.4 Å². The summed E-state index contributed by atoms with van der Waals surface area (Å²) in [6.45, 7) is 5.26. The van der Waals surface area contributed by atoms with Crippen LogP contribution >= 0.6 is 12.4 Å². The quantitative estimate of drug-likeness (QED) is 0.675. The molecule has 0 spiro atoms. The van der Waals surface area contributed by atoms with Gasteiger partial charge in [-0.3, -0.25) is 4.79 Å². The second kappa shape index (κ2) is 11.0. The Morgan fingerprint density at radius 3 is 2.30 bits per heavy atom. The van der Waals surface area contributed by atoms with Crippen LogP contribution in [-0.2, 0) is 26.0 Å². The van der Waals surface area contributed by atoms with Crippen molar-refractivity contribution in [3.63, 3.8) is 0 Å². The molecule has 0 unspecified atom stereocenters. The number of ether oxygens (including phenoxy) is 1. The lowest BCUT2D eigenvalue weighted by Crippen LogP contribution is -2.55. The van der Waals surface area contributed by atoms with Gasteiger partial charge in [0.1, 0.15) is 0 Å². The molecule has 1 aliphatic heterocycles. The Hall–Kier alpha value is -1.19. The molecule has 7 nitrogen and oxygen atoms in total. The minimum absolute atomic E-state index is 0. The van der Waals surface area contributed by atoms with Crippen LogP contribution in [0.5, 0.6) is 0 Å². The normalized spacial score (nSPS) is 16.8. The maximum Gasteiger partial charge on any atom is 0.239 e. The number of carbonyl (C=O) groups is 1. The van der Waals surface area contributed by atoms with Crippen molar-refractivity contribution in [2.45, 2.75) is 32.4 Å². The third-order valence-corrected chi connectivity index (χ3v) is 6.19. The lowest BCUT2D eigenvalue weighted by atomic mass is 10.1. The fourth-order valence-corrected chi connectivity index (χ4v) is 4.18. The minimum Gasteiger partial charge on any atom is -0.378 e. The van der Waals surface area contributed by atoms with Gasteiger partial charge in [-0.25, -0.2) is 8.42 Å². The molecule has 1 aromatic rings. The van der Waals surface area contributed by atoms with Gasteiger partial charge < -0.3 is 15.4 Å². The second-order valence-electron chi connectivity index (χ2n) is 6.76. The van der Waals surface area contributed by atoms with E-state index < -0.39 is 16.1 Å². The fraction of sp³-hybridized carbons (Fsp3) is 0.611. The van der Waals surface area contributed by atoms with E-state index >= 15 is 0 Å². The van der Waals surface area contributed by atoms with Gasteiger partial charge in [-0.2, -0.15) is 4.31 Å². The Morgan fingerprint density at radius 1 is 1.15 bits per heavy atom. The predicted octanol–water partition coefficient (Wildman–Crippen LogP) is 0.877. The van der Waals surface area contributed by atoms with Crippen LogP contribution in [0.3, 0.4) is 0 Å². The predicted molar refractivity (Wildman–Crippen MR) is 108 cm³/mol. The molecule has 0 aliphatic carbocycles. The number of nitrogens with zero attached hydrogens (tertiary/aromatic N) is 2. The van der Waals surface area contributed by atoms with E-state index in [9.17, 15) is 13.2 Å². The molecule has 1 aliphatic rings. The highest BCUT2D eigenvalue weighted by Gasteiger charge is 2.30. The Morgan fingerprint density at radius 2 is 1.74 bits per heavy atom. The number of rotatable bonds is 8. The van der Waals surface area contributed by atoms with E-state index in [0.29, 0.717) is 32.6 Å². The van der Waals surface area contributed by atoms with Crippen molar-refractivity contribution < 1.29 is 17.9 Å². The van der Waals surface area contributed by atoms with E-state index in [1.807, 2.05) is 44.2 Å². The summed E-state index contributed by atoms with van der Waals surface area (Å²) >= 11 is 0. The standard InChI is InChI=1S/C18H29N3O4S.ClH/c1-15(2)25-12-13-26(23,24)21-10-8-20(9-11-21)18(22)17(19)14-16-6-4-3-5-7-16;/h3-7,15,17H,8-14,19H2,1-2H3;1H/t17-;/m0./s1. The molecule has 1 amide bonds. The number of hydrogen-bond donors (Lipinski definition) is 1. The molecule has 0 saturated carbocycles. The molecule has 1 aromatic carbocycles. The summed E-state index contributed by atoms with van der Waals surface area (Å²) in [5.41, 5.74) is 7.07. The molecule has 9 heteroatoms. The van der Waals surface area contributed by atoms with E-state index in [-0.39, 0.29) is 36.8 Å². The molecule has 1 atom stereocenters. The summed E-state index contributed by atoms with van der Waals surface area (Å²) in [6.07, 6.45) is 0.482. The fourth-order valence-electron chi connectivity index (χ4n) is 2.89. The molecule has 0 aromatic heterocycles. The monoisotopic (exact) mass is 419 g/mol. The maximum atomic E-state index is 12.5. The number of nitrogens with two attached hydrogens (primary N) is 1. The average Bonchev–Trinajstić information content (AvgIpc) is 2.61. The van der Waals surface area contributed by atoms with Gasteiger partial charge in [-0.1, -0.05) is 30.3 Å². The lowest BCUT2D eigenvalue weighted by molar-refractivity contribution is -0.133. The summed E-state index contributed by atoms with van der Waals surface area (Å²) in [6, 6.07) is 9.02. The van der Waals surface area contributed by atoms with Crippen molar-refractivity contribution in [1.82, 2.24) is 9.21 Å². The Bertz CT molecular complexity index is 677. The zero-order valence-electron chi connectivity index (χ0n) is 15.9. The topological polar surface area (TPSA) is 92.9 Å². The zero-order valence-corrected chi connectivity index (χ0v) is 17.5. The highest BCUT2D eigenvalue weighted by molar-refractivity contribution is 7.89. The van der Waals surface area contributed by atoms with Crippen LogP contribution in [0, 0.1) is 0 Å². The number of carbonyl (C=O) groups excluding carboxylic acids is 1. The first-order valence-corrected chi connectivity index (χ1v) is 10.6. The first-order chi connectivity index (χ1) is 12.3. The molecule has 1 fully saturated rings. The first kappa shape index (κ1) is 23.8. The Kier molecular flexibility index (Phi) is 9.69. The Labute approximate surface area is 168 Å². The van der Waals surface area contributed by atoms with Crippen molar-refractivity contribution in [2.24, 2.45) is 5.73 Å². The van der Waals surface area contributed by atoms with Gasteiger partial charge in [0.25, 0.3) is 0 Å². The third kappa shape index (κ3) is 7.38. The zero-order chi connectivity index (χ0) is 19.2. The first-order valence-electron chi connectivity index (χ1n) is 8.97. The van der Waals surface area contributed by atoms with Crippen molar-refractivity contribution >= 4 is 28.3 Å². The van der Waals surface area contributed by atoms with E-state index in [0.717, 1.165) is 5.56 Å². The number of benzene rings is 1. The number of piperazine rings is 1. The van der Waals surface area contributed by atoms with Gasteiger partial charge in [0.05, 0.1) is 24.5 Å². The van der Waals surface area contributed by atoms with Gasteiger partial charge in [0.2, 0.25) is 15.9 Å². The van der Waals surface area contributed by atoms with Crippen molar-refractivity contribution in [3.8, 4) is 0 Å². The number of hydrogen-bond acceptors (Lipinski definition) is 5. The molecule has 154 valence electrons. The van der Waals surface area contributed by atoms with E-state index in [2.05, 4.69) is 0 Å². The molecular weight excluding hydrogens is 390 g/mol. The number of sulfonamides is 1. The van der Waals surface area contributed by atoms with Gasteiger partial charge in [-0.05, 0) is 25.8 Å². The largest absolute Gasteiger partial charge is 0.378 e. The second-order valence-corrected chi connectivity index (χ2v) is 8.84. The highest BCUT2D eigenvalue weighted by Crippen LogP contribution is 2.11. The van der Waals surface area contributed by atoms with Crippen molar-refractivity contribution in [3.05, 3.63) is 35.9 Å². The smallest absolute Gasteiger partial charge is 0.239 e. The SMILES string of the molecule is CC(C)OCCS(=O)(=O)N1CCN(C(=O)[C@@H](N)Cc2ccccc2)CC1.Cl. The van der Waals surface area contributed by atoms with Crippen LogP contribution in [-0.4, -0.2) is 74.2 Å². The van der Waals surface area contributed by atoms with Crippen LogP contribution in [0.4, 0.5) is 0 Å². The molecule has 27 heavy (non-hydrogen) atoms.